The Morgan fingerprint density at radius 1 is 0.958 bits per heavy atom. The second-order valence-corrected chi connectivity index (χ2v) is 7.94. The van der Waals surface area contributed by atoms with Crippen LogP contribution in [0.2, 0.25) is 0 Å². The summed E-state index contributed by atoms with van der Waals surface area (Å²) in [5.41, 5.74) is 2.40. The maximum absolute atomic E-state index is 12.4. The van der Waals surface area contributed by atoms with Crippen LogP contribution in [0.5, 0.6) is 0 Å². The van der Waals surface area contributed by atoms with E-state index in [1.54, 1.807) is 18.2 Å². The Bertz CT molecular complexity index is 762. The number of carbonyl (C=O) groups is 2. The number of aryl methyl sites for hydroxylation is 1. The van der Waals surface area contributed by atoms with Gasteiger partial charge in [0.1, 0.15) is 0 Å². The molecule has 0 aliphatic carbocycles. The van der Waals surface area contributed by atoms with Crippen molar-refractivity contribution in [2.45, 2.75) is 27.7 Å². The number of hydrogen-bond donors (Lipinski definition) is 2. The fourth-order valence-corrected chi connectivity index (χ4v) is 2.31. The standard InChI is InChI=1S/C19H21IN2O2/c1-12-5-10-15(21-18(24)19(2,3)4)11-16(12)22-17(23)13-6-8-14(20)9-7-13/h5-11H,1-4H3,(H,21,24)(H,22,23). The van der Waals surface area contributed by atoms with Crippen LogP contribution in [0, 0.1) is 15.9 Å². The number of hydrogen-bond acceptors (Lipinski definition) is 2. The van der Waals surface area contributed by atoms with Crippen molar-refractivity contribution in [1.82, 2.24) is 0 Å². The first-order chi connectivity index (χ1) is 11.2. The minimum Gasteiger partial charge on any atom is -0.326 e. The SMILES string of the molecule is Cc1ccc(NC(=O)C(C)(C)C)cc1NC(=O)c1ccc(I)cc1. The molecule has 5 heteroatoms. The number of halogens is 1. The normalized spacial score (nSPS) is 11.0. The molecule has 2 aromatic rings. The van der Waals surface area contributed by atoms with Crippen molar-refractivity contribution < 1.29 is 9.59 Å². The molecule has 2 rings (SSSR count). The highest BCUT2D eigenvalue weighted by atomic mass is 127. The molecule has 4 nitrogen and oxygen atoms in total. The van der Waals surface area contributed by atoms with Crippen LogP contribution in [0.3, 0.4) is 0 Å². The molecule has 0 aromatic heterocycles. The summed E-state index contributed by atoms with van der Waals surface area (Å²) >= 11 is 2.20. The van der Waals surface area contributed by atoms with Crippen molar-refractivity contribution >= 4 is 45.8 Å². The van der Waals surface area contributed by atoms with Crippen LogP contribution >= 0.6 is 22.6 Å². The lowest BCUT2D eigenvalue weighted by Gasteiger charge is -2.18. The third-order valence-corrected chi connectivity index (χ3v) is 4.25. The van der Waals surface area contributed by atoms with Crippen LogP contribution in [-0.2, 0) is 4.79 Å². The maximum Gasteiger partial charge on any atom is 0.255 e. The molecule has 0 spiro atoms. The lowest BCUT2D eigenvalue weighted by Crippen LogP contribution is -2.27. The Kier molecular flexibility index (Phi) is 5.64. The predicted molar refractivity (Wildman–Crippen MR) is 106 cm³/mol. The average molecular weight is 436 g/mol. The van der Waals surface area contributed by atoms with E-state index in [0.29, 0.717) is 16.9 Å². The van der Waals surface area contributed by atoms with Gasteiger partial charge in [-0.25, -0.2) is 0 Å². The zero-order chi connectivity index (χ0) is 17.9. The van der Waals surface area contributed by atoms with Gasteiger partial charge in [-0.1, -0.05) is 26.8 Å². The summed E-state index contributed by atoms with van der Waals surface area (Å²) in [6.07, 6.45) is 0. The van der Waals surface area contributed by atoms with Crippen molar-refractivity contribution in [3.05, 3.63) is 57.2 Å². The van der Waals surface area contributed by atoms with Crippen molar-refractivity contribution in [1.29, 1.82) is 0 Å². The summed E-state index contributed by atoms with van der Waals surface area (Å²) < 4.78 is 1.08. The Morgan fingerprint density at radius 3 is 2.17 bits per heavy atom. The first-order valence-electron chi connectivity index (χ1n) is 7.66. The smallest absolute Gasteiger partial charge is 0.255 e. The number of benzene rings is 2. The van der Waals surface area contributed by atoms with E-state index < -0.39 is 5.41 Å². The first-order valence-corrected chi connectivity index (χ1v) is 8.74. The van der Waals surface area contributed by atoms with Gasteiger partial charge in [-0.2, -0.15) is 0 Å². The van der Waals surface area contributed by atoms with Crippen LogP contribution in [0.1, 0.15) is 36.7 Å². The molecule has 0 bridgehead atoms. The van der Waals surface area contributed by atoms with Crippen molar-refractivity contribution in [3.8, 4) is 0 Å². The molecule has 24 heavy (non-hydrogen) atoms. The highest BCUT2D eigenvalue weighted by molar-refractivity contribution is 14.1. The lowest BCUT2D eigenvalue weighted by molar-refractivity contribution is -0.123. The van der Waals surface area contributed by atoms with Gasteiger partial charge in [0.2, 0.25) is 5.91 Å². The maximum atomic E-state index is 12.4. The highest BCUT2D eigenvalue weighted by Gasteiger charge is 2.21. The molecule has 0 unspecified atom stereocenters. The number of anilines is 2. The molecule has 2 N–H and O–H groups in total. The Morgan fingerprint density at radius 2 is 1.58 bits per heavy atom. The van der Waals surface area contributed by atoms with Gasteiger partial charge >= 0.3 is 0 Å². The minimum atomic E-state index is -0.477. The van der Waals surface area contributed by atoms with Gasteiger partial charge in [0.25, 0.3) is 5.91 Å². The average Bonchev–Trinajstić information content (AvgIpc) is 2.50. The van der Waals surface area contributed by atoms with Gasteiger partial charge in [-0.05, 0) is 71.5 Å². The molecular formula is C19H21IN2O2. The Balaban J connectivity index is 2.18. The quantitative estimate of drug-likeness (QED) is 0.677. The van der Waals surface area contributed by atoms with Crippen molar-refractivity contribution in [2.24, 2.45) is 5.41 Å². The van der Waals surface area contributed by atoms with Crippen LogP contribution < -0.4 is 10.6 Å². The predicted octanol–water partition coefficient (Wildman–Crippen LogP) is 4.84. The highest BCUT2D eigenvalue weighted by Crippen LogP contribution is 2.23. The van der Waals surface area contributed by atoms with E-state index in [9.17, 15) is 9.59 Å². The molecule has 126 valence electrons. The van der Waals surface area contributed by atoms with E-state index in [-0.39, 0.29) is 11.8 Å². The molecule has 0 radical (unpaired) electrons. The van der Waals surface area contributed by atoms with E-state index in [2.05, 4.69) is 33.2 Å². The topological polar surface area (TPSA) is 58.2 Å². The lowest BCUT2D eigenvalue weighted by atomic mass is 9.95. The Labute approximate surface area is 156 Å². The fraction of sp³-hybridized carbons (Fsp3) is 0.263. The van der Waals surface area contributed by atoms with Crippen LogP contribution in [0.15, 0.2) is 42.5 Å². The van der Waals surface area contributed by atoms with E-state index in [4.69, 9.17) is 0 Å². The van der Waals surface area contributed by atoms with Gasteiger partial charge in [-0.15, -0.1) is 0 Å². The monoisotopic (exact) mass is 436 g/mol. The number of amides is 2. The second kappa shape index (κ2) is 7.34. The molecule has 0 fully saturated rings. The van der Waals surface area contributed by atoms with Gasteiger partial charge in [0, 0.05) is 25.9 Å². The summed E-state index contributed by atoms with van der Waals surface area (Å²) in [6.45, 7) is 7.49. The summed E-state index contributed by atoms with van der Waals surface area (Å²) in [7, 11) is 0. The van der Waals surface area contributed by atoms with Crippen molar-refractivity contribution in [2.75, 3.05) is 10.6 Å². The molecule has 2 amide bonds. The molecule has 0 aliphatic heterocycles. The van der Waals surface area contributed by atoms with Gasteiger partial charge in [0.05, 0.1) is 0 Å². The minimum absolute atomic E-state index is 0.0683. The summed E-state index contributed by atoms with van der Waals surface area (Å²) in [4.78, 5) is 24.5. The number of rotatable bonds is 3. The zero-order valence-electron chi connectivity index (χ0n) is 14.2. The second-order valence-electron chi connectivity index (χ2n) is 6.69. The molecular weight excluding hydrogens is 415 g/mol. The summed E-state index contributed by atoms with van der Waals surface area (Å²) in [6, 6.07) is 12.9. The molecule has 2 aromatic carbocycles. The molecule has 0 aliphatic rings. The third-order valence-electron chi connectivity index (χ3n) is 3.53. The molecule has 0 atom stereocenters. The zero-order valence-corrected chi connectivity index (χ0v) is 16.4. The fourth-order valence-electron chi connectivity index (χ4n) is 1.95. The number of nitrogens with one attached hydrogen (secondary N) is 2. The van der Waals surface area contributed by atoms with Gasteiger partial charge in [0.15, 0.2) is 0 Å². The third kappa shape index (κ3) is 4.80. The van der Waals surface area contributed by atoms with Crippen molar-refractivity contribution in [3.63, 3.8) is 0 Å². The van der Waals surface area contributed by atoms with E-state index in [1.807, 2.05) is 52.0 Å². The molecule has 0 heterocycles. The van der Waals surface area contributed by atoms with Crippen LogP contribution in [0.25, 0.3) is 0 Å². The van der Waals surface area contributed by atoms with Crippen LogP contribution in [-0.4, -0.2) is 11.8 Å². The van der Waals surface area contributed by atoms with Gasteiger partial charge in [-0.3, -0.25) is 9.59 Å². The molecule has 0 saturated heterocycles. The summed E-state index contributed by atoms with van der Waals surface area (Å²) in [5.74, 6) is -0.241. The van der Waals surface area contributed by atoms with E-state index >= 15 is 0 Å². The summed E-state index contributed by atoms with van der Waals surface area (Å²) in [5, 5.41) is 5.78. The van der Waals surface area contributed by atoms with Gasteiger partial charge < -0.3 is 10.6 Å². The largest absolute Gasteiger partial charge is 0.326 e. The van der Waals surface area contributed by atoms with E-state index in [1.165, 1.54) is 0 Å². The van der Waals surface area contributed by atoms with Crippen LogP contribution in [0.4, 0.5) is 11.4 Å². The van der Waals surface area contributed by atoms with E-state index in [0.717, 1.165) is 9.13 Å². The number of carbonyl (C=O) groups excluding carboxylic acids is 2. The first kappa shape index (κ1) is 18.4. The Hall–Kier alpha value is -1.89. The molecule has 0 saturated carbocycles.